The first-order valence-electron chi connectivity index (χ1n) is 6.97. The van der Waals surface area contributed by atoms with Gasteiger partial charge in [0.25, 0.3) is 0 Å². The molecule has 0 heterocycles. The van der Waals surface area contributed by atoms with Crippen LogP contribution in [0.4, 0.5) is 13.2 Å². The summed E-state index contributed by atoms with van der Waals surface area (Å²) in [6.07, 6.45) is -2.77. The molecule has 0 radical (unpaired) electrons. The number of benzene rings is 1. The van der Waals surface area contributed by atoms with E-state index in [1.165, 1.54) is 6.07 Å². The predicted octanol–water partition coefficient (Wildman–Crippen LogP) is 4.33. The molecule has 1 unspecified atom stereocenters. The van der Waals surface area contributed by atoms with E-state index in [1.54, 1.807) is 6.07 Å². The van der Waals surface area contributed by atoms with Crippen molar-refractivity contribution in [3.8, 4) is 5.75 Å². The van der Waals surface area contributed by atoms with Crippen LogP contribution in [0.25, 0.3) is 0 Å². The molecule has 0 saturated heterocycles. The second kappa shape index (κ2) is 7.50. The Morgan fingerprint density at radius 3 is 2.57 bits per heavy atom. The fourth-order valence-corrected chi connectivity index (χ4v) is 1.83. The zero-order valence-corrected chi connectivity index (χ0v) is 12.5. The molecule has 0 aromatic heterocycles. The standard InChI is InChI=1S/C16H22F3NO/c1-4-13(20)9-12-5-6-15(21-8-7-11(2)3)14(10-12)16(17,18)19/h5-6,10,13H,2,4,7-9,20H2,1,3H3. The molecule has 2 N–H and O–H groups in total. The Morgan fingerprint density at radius 2 is 2.05 bits per heavy atom. The Balaban J connectivity index is 2.94. The maximum absolute atomic E-state index is 13.1. The Morgan fingerprint density at radius 1 is 1.38 bits per heavy atom. The molecule has 0 aliphatic rings. The van der Waals surface area contributed by atoms with Crippen molar-refractivity contribution in [1.29, 1.82) is 0 Å². The minimum Gasteiger partial charge on any atom is -0.493 e. The molecule has 0 aliphatic carbocycles. The quantitative estimate of drug-likeness (QED) is 0.761. The van der Waals surface area contributed by atoms with Crippen LogP contribution in [0.5, 0.6) is 5.75 Å². The van der Waals surface area contributed by atoms with Gasteiger partial charge >= 0.3 is 6.18 Å². The van der Waals surface area contributed by atoms with E-state index in [9.17, 15) is 13.2 Å². The normalized spacial score (nSPS) is 13.0. The SMILES string of the molecule is C=C(C)CCOc1ccc(CC(N)CC)cc1C(F)(F)F. The molecule has 0 saturated carbocycles. The van der Waals surface area contributed by atoms with Crippen LogP contribution in [-0.2, 0) is 12.6 Å². The van der Waals surface area contributed by atoms with Gasteiger partial charge in [0.15, 0.2) is 0 Å². The average molecular weight is 301 g/mol. The Hall–Kier alpha value is -1.49. The third kappa shape index (κ3) is 5.79. The van der Waals surface area contributed by atoms with E-state index < -0.39 is 11.7 Å². The van der Waals surface area contributed by atoms with Crippen molar-refractivity contribution in [2.75, 3.05) is 6.61 Å². The third-order valence-electron chi connectivity index (χ3n) is 3.16. The van der Waals surface area contributed by atoms with Gasteiger partial charge in [0, 0.05) is 12.5 Å². The zero-order chi connectivity index (χ0) is 16.0. The van der Waals surface area contributed by atoms with Crippen molar-refractivity contribution < 1.29 is 17.9 Å². The van der Waals surface area contributed by atoms with Crippen LogP contribution in [0, 0.1) is 0 Å². The van der Waals surface area contributed by atoms with Crippen LogP contribution in [0.15, 0.2) is 30.4 Å². The van der Waals surface area contributed by atoms with Gasteiger partial charge in [0.05, 0.1) is 12.2 Å². The first-order chi connectivity index (χ1) is 9.74. The van der Waals surface area contributed by atoms with Gasteiger partial charge in [-0.3, -0.25) is 0 Å². The molecule has 2 nitrogen and oxygen atoms in total. The summed E-state index contributed by atoms with van der Waals surface area (Å²) in [4.78, 5) is 0. The van der Waals surface area contributed by atoms with Crippen LogP contribution in [0.1, 0.15) is 37.8 Å². The lowest BCUT2D eigenvalue weighted by Crippen LogP contribution is -2.21. The minimum atomic E-state index is -4.44. The predicted molar refractivity (Wildman–Crippen MR) is 78.3 cm³/mol. The van der Waals surface area contributed by atoms with Crippen LogP contribution < -0.4 is 10.5 Å². The average Bonchev–Trinajstić information content (AvgIpc) is 2.38. The Kier molecular flexibility index (Phi) is 6.27. The van der Waals surface area contributed by atoms with Crippen LogP contribution in [0.3, 0.4) is 0 Å². The molecule has 0 spiro atoms. The second-order valence-corrected chi connectivity index (χ2v) is 5.26. The minimum absolute atomic E-state index is 0.138. The van der Waals surface area contributed by atoms with Gasteiger partial charge in [-0.1, -0.05) is 18.6 Å². The van der Waals surface area contributed by atoms with Crippen molar-refractivity contribution >= 4 is 0 Å². The Bertz CT molecular complexity index is 483. The van der Waals surface area contributed by atoms with Crippen molar-refractivity contribution in [3.05, 3.63) is 41.5 Å². The van der Waals surface area contributed by atoms with Gasteiger partial charge in [-0.05, 0) is 37.5 Å². The lowest BCUT2D eigenvalue weighted by Gasteiger charge is -2.16. The van der Waals surface area contributed by atoms with Crippen molar-refractivity contribution in [3.63, 3.8) is 0 Å². The maximum Gasteiger partial charge on any atom is 0.419 e. The number of hydrogen-bond donors (Lipinski definition) is 1. The van der Waals surface area contributed by atoms with Crippen molar-refractivity contribution in [2.45, 2.75) is 45.3 Å². The highest BCUT2D eigenvalue weighted by Crippen LogP contribution is 2.37. The molecule has 21 heavy (non-hydrogen) atoms. The van der Waals surface area contributed by atoms with Crippen molar-refractivity contribution in [2.24, 2.45) is 5.73 Å². The fraction of sp³-hybridized carbons (Fsp3) is 0.500. The van der Waals surface area contributed by atoms with E-state index in [2.05, 4.69) is 6.58 Å². The smallest absolute Gasteiger partial charge is 0.419 e. The van der Waals surface area contributed by atoms with E-state index in [0.717, 1.165) is 18.1 Å². The van der Waals surface area contributed by atoms with Gasteiger partial charge < -0.3 is 10.5 Å². The van der Waals surface area contributed by atoms with Gasteiger partial charge in [-0.15, -0.1) is 6.58 Å². The highest BCUT2D eigenvalue weighted by Gasteiger charge is 2.34. The third-order valence-corrected chi connectivity index (χ3v) is 3.16. The first-order valence-corrected chi connectivity index (χ1v) is 6.97. The lowest BCUT2D eigenvalue weighted by atomic mass is 10.0. The van der Waals surface area contributed by atoms with Gasteiger partial charge in [0.2, 0.25) is 0 Å². The number of alkyl halides is 3. The molecule has 0 bridgehead atoms. The molecule has 118 valence electrons. The van der Waals surface area contributed by atoms with Crippen LogP contribution in [0.2, 0.25) is 0 Å². The van der Waals surface area contributed by atoms with Gasteiger partial charge in [-0.25, -0.2) is 0 Å². The first kappa shape index (κ1) is 17.6. The largest absolute Gasteiger partial charge is 0.493 e. The van der Waals surface area contributed by atoms with Gasteiger partial charge in [-0.2, -0.15) is 13.2 Å². The molecule has 0 amide bonds. The summed E-state index contributed by atoms with van der Waals surface area (Å²) < 4.78 is 44.6. The number of rotatable bonds is 7. The molecule has 1 aromatic carbocycles. The second-order valence-electron chi connectivity index (χ2n) is 5.26. The van der Waals surface area contributed by atoms with E-state index in [4.69, 9.17) is 10.5 Å². The summed E-state index contributed by atoms with van der Waals surface area (Å²) in [5.41, 5.74) is 6.49. The van der Waals surface area contributed by atoms with E-state index in [-0.39, 0.29) is 18.4 Å². The van der Waals surface area contributed by atoms with Crippen LogP contribution in [-0.4, -0.2) is 12.6 Å². The summed E-state index contributed by atoms with van der Waals surface area (Å²) in [5, 5.41) is 0. The maximum atomic E-state index is 13.1. The van der Waals surface area contributed by atoms with E-state index >= 15 is 0 Å². The highest BCUT2D eigenvalue weighted by molar-refractivity contribution is 5.39. The molecule has 1 atom stereocenters. The topological polar surface area (TPSA) is 35.2 Å². The summed E-state index contributed by atoms with van der Waals surface area (Å²) in [6.45, 7) is 7.60. The number of nitrogens with two attached hydrogens (primary N) is 1. The van der Waals surface area contributed by atoms with Crippen molar-refractivity contribution in [1.82, 2.24) is 0 Å². The molecule has 0 aliphatic heterocycles. The molecular formula is C16H22F3NO. The summed E-state index contributed by atoms with van der Waals surface area (Å²) >= 11 is 0. The number of hydrogen-bond acceptors (Lipinski definition) is 2. The highest BCUT2D eigenvalue weighted by atomic mass is 19.4. The Labute approximate surface area is 123 Å². The van der Waals surface area contributed by atoms with E-state index in [0.29, 0.717) is 18.4 Å². The fourth-order valence-electron chi connectivity index (χ4n) is 1.83. The van der Waals surface area contributed by atoms with E-state index in [1.807, 2.05) is 13.8 Å². The monoisotopic (exact) mass is 301 g/mol. The molecule has 5 heteroatoms. The molecule has 1 aromatic rings. The van der Waals surface area contributed by atoms with Crippen LogP contribution >= 0.6 is 0 Å². The summed E-state index contributed by atoms with van der Waals surface area (Å²) in [5.74, 6) is -0.141. The molecule has 0 fully saturated rings. The number of ether oxygens (including phenoxy) is 1. The summed E-state index contributed by atoms with van der Waals surface area (Å²) in [6, 6.07) is 4.01. The number of halogens is 3. The lowest BCUT2D eigenvalue weighted by molar-refractivity contribution is -0.139. The zero-order valence-electron chi connectivity index (χ0n) is 12.5. The molecule has 1 rings (SSSR count). The molecular weight excluding hydrogens is 279 g/mol. The van der Waals surface area contributed by atoms with Gasteiger partial charge in [0.1, 0.15) is 5.75 Å². The summed E-state index contributed by atoms with van der Waals surface area (Å²) in [7, 11) is 0.